The lowest BCUT2D eigenvalue weighted by Gasteiger charge is -2.40. The molecule has 1 heterocycles. The Morgan fingerprint density at radius 2 is 0.713 bits per heavy atom. The molecule has 6 N–H and O–H groups in total. The van der Waals surface area contributed by atoms with Gasteiger partial charge in [0.05, 0.1) is 25.4 Å². The molecule has 0 bridgehead atoms. The van der Waals surface area contributed by atoms with Gasteiger partial charge in [-0.3, -0.25) is 4.79 Å². The number of aliphatic hydroxyl groups excluding tert-OH is 5. The third-order valence-electron chi connectivity index (χ3n) is 17.2. The third-order valence-corrected chi connectivity index (χ3v) is 17.2. The largest absolute Gasteiger partial charge is 0.394 e. The molecule has 0 aromatic heterocycles. The average molecular weight is 1220 g/mol. The molecule has 87 heavy (non-hydrogen) atoms. The second-order valence-corrected chi connectivity index (χ2v) is 25.4. The summed E-state index contributed by atoms with van der Waals surface area (Å²) in [4.78, 5) is 13.2. The number of amides is 1. The van der Waals surface area contributed by atoms with E-state index in [1.165, 1.54) is 212 Å². The zero-order valence-electron chi connectivity index (χ0n) is 56.5. The van der Waals surface area contributed by atoms with Crippen LogP contribution < -0.4 is 5.32 Å². The van der Waals surface area contributed by atoms with E-state index in [0.717, 1.165) is 96.3 Å². The number of carbonyl (C=O) groups excluding carboxylic acids is 1. The van der Waals surface area contributed by atoms with Gasteiger partial charge in [-0.1, -0.05) is 349 Å². The second-order valence-electron chi connectivity index (χ2n) is 25.4. The van der Waals surface area contributed by atoms with E-state index in [0.29, 0.717) is 12.8 Å². The van der Waals surface area contributed by atoms with Crippen LogP contribution in [0.4, 0.5) is 0 Å². The van der Waals surface area contributed by atoms with Gasteiger partial charge in [-0.2, -0.15) is 0 Å². The molecular weight excluding hydrogens is 1080 g/mol. The van der Waals surface area contributed by atoms with Crippen LogP contribution in [0.25, 0.3) is 0 Å². The summed E-state index contributed by atoms with van der Waals surface area (Å²) in [5.41, 5.74) is 0. The van der Waals surface area contributed by atoms with Gasteiger partial charge in [0.1, 0.15) is 24.4 Å². The standard InChI is InChI=1S/C78H139NO8/c1-3-5-7-9-11-13-15-17-19-21-23-25-27-29-31-33-34-35-36-37-38-40-42-44-46-48-50-52-54-56-58-60-62-64-66-68-74(82)79-71(70-86-78-77(85)76(84)75(83)73(69-80)87-78)72(81)67-65-63-61-59-57-55-53-51-49-47-45-43-41-39-32-30-28-26-24-22-20-18-16-14-12-10-8-6-4-2/h5,7,11,13,17,19,23,25,29,31,34-35,37-38,42,44,71-73,75-78,80-81,83-85H,3-4,6,8-10,12,14-16,18,20-22,24,26-28,30,32-33,36,39-41,43,45-70H2,1-2H3,(H,79,82)/b7-5-,13-11-,19-17-,25-23-,31-29-,35-34-,38-37-,44-42-. The Kier molecular flexibility index (Phi) is 62.3. The Morgan fingerprint density at radius 1 is 0.402 bits per heavy atom. The Hall–Kier alpha value is -2.89. The topological polar surface area (TPSA) is 149 Å². The molecule has 1 rings (SSSR count). The summed E-state index contributed by atoms with van der Waals surface area (Å²) in [5.74, 6) is -0.148. The van der Waals surface area contributed by atoms with Gasteiger partial charge in [-0.15, -0.1) is 0 Å². The van der Waals surface area contributed by atoms with Crippen LogP contribution in [-0.4, -0.2) is 87.5 Å². The molecule has 1 aliphatic rings. The fraction of sp³-hybridized carbons (Fsp3) is 0.782. The van der Waals surface area contributed by atoms with E-state index in [-0.39, 0.29) is 12.5 Å². The Labute approximate surface area is 536 Å². The van der Waals surface area contributed by atoms with E-state index < -0.39 is 49.5 Å². The number of hydrogen-bond acceptors (Lipinski definition) is 8. The van der Waals surface area contributed by atoms with Gasteiger partial charge in [-0.25, -0.2) is 0 Å². The minimum Gasteiger partial charge on any atom is -0.394 e. The maximum atomic E-state index is 13.2. The first kappa shape index (κ1) is 82.1. The van der Waals surface area contributed by atoms with Crippen LogP contribution >= 0.6 is 0 Å². The van der Waals surface area contributed by atoms with Crippen molar-refractivity contribution in [1.82, 2.24) is 5.32 Å². The zero-order chi connectivity index (χ0) is 62.8. The summed E-state index contributed by atoms with van der Waals surface area (Å²) in [6.07, 6.45) is 89.0. The molecule has 7 atom stereocenters. The molecule has 504 valence electrons. The maximum Gasteiger partial charge on any atom is 0.220 e. The molecule has 9 nitrogen and oxygen atoms in total. The normalized spacial score (nSPS) is 18.5. The summed E-state index contributed by atoms with van der Waals surface area (Å²) in [7, 11) is 0. The lowest BCUT2D eigenvalue weighted by molar-refractivity contribution is -0.302. The van der Waals surface area contributed by atoms with Crippen molar-refractivity contribution in [1.29, 1.82) is 0 Å². The first-order valence-electron chi connectivity index (χ1n) is 36.9. The van der Waals surface area contributed by atoms with E-state index in [9.17, 15) is 30.3 Å². The highest BCUT2D eigenvalue weighted by Crippen LogP contribution is 2.24. The molecule has 1 fully saturated rings. The Balaban J connectivity index is 2.12. The van der Waals surface area contributed by atoms with Crippen molar-refractivity contribution < 1.29 is 39.8 Å². The van der Waals surface area contributed by atoms with Crippen molar-refractivity contribution in [2.75, 3.05) is 13.2 Å². The molecule has 7 unspecified atom stereocenters. The molecule has 0 spiro atoms. The molecule has 0 aliphatic carbocycles. The summed E-state index contributed by atoms with van der Waals surface area (Å²) >= 11 is 0. The van der Waals surface area contributed by atoms with Crippen LogP contribution in [0.5, 0.6) is 0 Å². The highest BCUT2D eigenvalue weighted by molar-refractivity contribution is 5.76. The fourth-order valence-corrected chi connectivity index (χ4v) is 11.5. The smallest absolute Gasteiger partial charge is 0.220 e. The van der Waals surface area contributed by atoms with Crippen LogP contribution in [0.1, 0.15) is 335 Å². The first-order chi connectivity index (χ1) is 42.8. The summed E-state index contributed by atoms with van der Waals surface area (Å²) < 4.78 is 11.4. The molecule has 1 saturated heterocycles. The van der Waals surface area contributed by atoms with Crippen LogP contribution in [0.2, 0.25) is 0 Å². The first-order valence-corrected chi connectivity index (χ1v) is 36.9. The van der Waals surface area contributed by atoms with Crippen molar-refractivity contribution in [3.63, 3.8) is 0 Å². The predicted molar refractivity (Wildman–Crippen MR) is 373 cm³/mol. The predicted octanol–water partition coefficient (Wildman–Crippen LogP) is 20.6. The quantitative estimate of drug-likeness (QED) is 0.0261. The molecule has 0 radical (unpaired) electrons. The molecule has 0 aromatic rings. The van der Waals surface area contributed by atoms with E-state index >= 15 is 0 Å². The van der Waals surface area contributed by atoms with Gasteiger partial charge >= 0.3 is 0 Å². The summed E-state index contributed by atoms with van der Waals surface area (Å²) in [6.45, 7) is 3.76. The number of unbranched alkanes of at least 4 members (excludes halogenated alkanes) is 38. The highest BCUT2D eigenvalue weighted by atomic mass is 16.7. The monoisotopic (exact) mass is 1220 g/mol. The van der Waals surface area contributed by atoms with Crippen molar-refractivity contribution in [2.24, 2.45) is 0 Å². The van der Waals surface area contributed by atoms with Crippen LogP contribution in [0.15, 0.2) is 97.2 Å². The third kappa shape index (κ3) is 54.6. The number of nitrogens with one attached hydrogen (secondary N) is 1. The molecule has 1 amide bonds. The van der Waals surface area contributed by atoms with E-state index in [2.05, 4.69) is 116 Å². The second kappa shape index (κ2) is 66.0. The SMILES string of the molecule is CC/C=C\C/C=C\C/C=C\C/C=C\C/C=C\C/C=C\C/C=C\C/C=C\CCCCCCCCCCCCC(=O)NC(COC1OC(CO)C(O)C(O)C1O)C(O)CCCCCCCCCCCCCCCCCCCCCCCCCCCCCCC. The highest BCUT2D eigenvalue weighted by Gasteiger charge is 2.44. The number of hydrogen-bond donors (Lipinski definition) is 6. The number of ether oxygens (including phenoxy) is 2. The van der Waals surface area contributed by atoms with Crippen molar-refractivity contribution in [3.8, 4) is 0 Å². The van der Waals surface area contributed by atoms with Gasteiger partial charge in [-0.05, 0) is 77.0 Å². The van der Waals surface area contributed by atoms with Gasteiger partial charge in [0.2, 0.25) is 5.91 Å². The van der Waals surface area contributed by atoms with Crippen LogP contribution in [0.3, 0.4) is 0 Å². The number of allylic oxidation sites excluding steroid dienone is 16. The van der Waals surface area contributed by atoms with Crippen molar-refractivity contribution in [2.45, 2.75) is 378 Å². The van der Waals surface area contributed by atoms with E-state index in [1.54, 1.807) is 0 Å². The number of aliphatic hydroxyl groups is 5. The fourth-order valence-electron chi connectivity index (χ4n) is 11.5. The number of carbonyl (C=O) groups is 1. The summed E-state index contributed by atoms with van der Waals surface area (Å²) in [6, 6.07) is -0.730. The molecule has 9 heteroatoms. The average Bonchev–Trinajstić information content (AvgIpc) is 3.47. The lowest BCUT2D eigenvalue weighted by Crippen LogP contribution is -2.60. The molecule has 0 saturated carbocycles. The number of rotatable bonds is 64. The van der Waals surface area contributed by atoms with Crippen molar-refractivity contribution in [3.05, 3.63) is 97.2 Å². The minimum atomic E-state index is -1.56. The van der Waals surface area contributed by atoms with Crippen molar-refractivity contribution >= 4 is 5.91 Å². The van der Waals surface area contributed by atoms with Gasteiger partial charge in [0, 0.05) is 6.42 Å². The van der Waals surface area contributed by atoms with Gasteiger partial charge in [0.25, 0.3) is 0 Å². The van der Waals surface area contributed by atoms with Crippen LogP contribution in [0, 0.1) is 0 Å². The van der Waals surface area contributed by atoms with Crippen LogP contribution in [-0.2, 0) is 14.3 Å². The van der Waals surface area contributed by atoms with Gasteiger partial charge in [0.15, 0.2) is 6.29 Å². The summed E-state index contributed by atoms with van der Waals surface area (Å²) in [5, 5.41) is 55.0. The van der Waals surface area contributed by atoms with E-state index in [1.807, 2.05) is 0 Å². The molecule has 1 aliphatic heterocycles. The molecule has 0 aromatic carbocycles. The zero-order valence-corrected chi connectivity index (χ0v) is 56.5. The maximum absolute atomic E-state index is 13.2. The minimum absolute atomic E-state index is 0.143. The van der Waals surface area contributed by atoms with E-state index in [4.69, 9.17) is 9.47 Å². The Morgan fingerprint density at radius 3 is 1.06 bits per heavy atom. The Bertz CT molecular complexity index is 1700. The van der Waals surface area contributed by atoms with Gasteiger partial charge < -0.3 is 40.3 Å². The lowest BCUT2D eigenvalue weighted by atomic mass is 9.99. The molecular formula is C78H139NO8.